The normalized spacial score (nSPS) is 23.4. The third-order valence-corrected chi connectivity index (χ3v) is 11.1. The van der Waals surface area contributed by atoms with Gasteiger partial charge in [-0.3, -0.25) is 14.4 Å². The number of hydrogen-bond acceptors (Lipinski definition) is 10. The van der Waals surface area contributed by atoms with Crippen molar-refractivity contribution in [3.05, 3.63) is 63.4 Å². The number of nitrogens with zero attached hydrogens (tertiary/aromatic N) is 3. The first kappa shape index (κ1) is 39.9. The van der Waals surface area contributed by atoms with Crippen LogP contribution in [0.15, 0.2) is 41.7 Å². The Kier molecular flexibility index (Phi) is 12.6. The molecule has 2 aliphatic heterocycles. The summed E-state index contributed by atoms with van der Waals surface area (Å²) in [6.07, 6.45) is 0.213. The molecule has 2 aromatic carbocycles. The molecule has 15 heteroatoms. The van der Waals surface area contributed by atoms with Gasteiger partial charge in [-0.25, -0.2) is 14.6 Å². The molecule has 1 saturated carbocycles. The largest absolute Gasteiger partial charge is 0.497 e. The van der Waals surface area contributed by atoms with Crippen molar-refractivity contribution in [2.75, 3.05) is 47.5 Å². The van der Waals surface area contributed by atoms with Crippen LogP contribution < -0.4 is 25.8 Å². The van der Waals surface area contributed by atoms with Gasteiger partial charge >= 0.3 is 5.97 Å². The summed E-state index contributed by atoms with van der Waals surface area (Å²) < 4.78 is 50.4. The highest BCUT2D eigenvalue weighted by molar-refractivity contribution is 6.31. The summed E-state index contributed by atoms with van der Waals surface area (Å²) in [5, 5.41) is 1.20. The van der Waals surface area contributed by atoms with E-state index in [1.54, 1.807) is 54.2 Å². The summed E-state index contributed by atoms with van der Waals surface area (Å²) in [5.74, 6) is 5.67. The van der Waals surface area contributed by atoms with Gasteiger partial charge in [0.15, 0.2) is 0 Å². The van der Waals surface area contributed by atoms with E-state index in [4.69, 9.17) is 42.1 Å². The molecule has 1 saturated heterocycles. The maximum absolute atomic E-state index is 14.9. The van der Waals surface area contributed by atoms with Crippen LogP contribution in [-0.4, -0.2) is 86.5 Å². The lowest BCUT2D eigenvalue weighted by Crippen LogP contribution is -2.53. The minimum absolute atomic E-state index is 0.0405. The number of halogens is 3. The molecular weight excluding hydrogens is 712 g/mol. The molecule has 12 nitrogen and oxygen atoms in total. The number of amides is 2. The zero-order chi connectivity index (χ0) is 38.6. The lowest BCUT2D eigenvalue weighted by Gasteiger charge is -2.45. The van der Waals surface area contributed by atoms with E-state index >= 15 is 0 Å². The van der Waals surface area contributed by atoms with Gasteiger partial charge in [0, 0.05) is 55.3 Å². The molecule has 1 aliphatic carbocycles. The Morgan fingerprint density at radius 1 is 1.13 bits per heavy atom. The second kappa shape index (κ2) is 16.8. The first-order valence-electron chi connectivity index (χ1n) is 17.9. The predicted octanol–water partition coefficient (Wildman–Crippen LogP) is 5.21. The van der Waals surface area contributed by atoms with Crippen molar-refractivity contribution in [1.82, 2.24) is 14.8 Å². The van der Waals surface area contributed by atoms with Crippen molar-refractivity contribution in [3.63, 3.8) is 0 Å². The maximum atomic E-state index is 14.9. The molecule has 53 heavy (non-hydrogen) atoms. The Morgan fingerprint density at radius 2 is 1.89 bits per heavy atom. The molecule has 5 rings (SSSR count). The van der Waals surface area contributed by atoms with E-state index < -0.39 is 42.1 Å². The van der Waals surface area contributed by atoms with Gasteiger partial charge in [0.2, 0.25) is 11.8 Å². The standard InChI is InChI=1S/C38H50ClF2N5O7/c1-22-16-32(47)45(18-22)19-29-33-25(27(39)11-12-30(33)52-21-28(42)34(35(40)41)44(3)43)13-15-46(29)36(48)26-8-6-7-14-38(26,2)37(49)53-20-23-9-10-24(50-4)17-31(23)51-5/h9-12,17,22,26,29,35H,6-8,13-16,18-21,42-43H2,1-5H3/b34-28-/t22-,26+,29-,38+/m1/s1. The van der Waals surface area contributed by atoms with E-state index in [1.165, 1.54) is 14.2 Å². The third kappa shape index (κ3) is 8.43. The van der Waals surface area contributed by atoms with Crippen molar-refractivity contribution < 1.29 is 42.1 Å². The fraction of sp³-hybridized carbons (Fsp3) is 0.553. The molecule has 2 aromatic rings. The molecule has 290 valence electrons. The number of esters is 1. The number of rotatable bonds is 13. The van der Waals surface area contributed by atoms with Crippen LogP contribution in [0.1, 0.15) is 68.7 Å². The minimum atomic E-state index is -2.94. The number of carbonyl (C=O) groups excluding carboxylic acids is 3. The van der Waals surface area contributed by atoms with Gasteiger partial charge in [0.1, 0.15) is 36.2 Å². The van der Waals surface area contributed by atoms with Gasteiger partial charge in [-0.05, 0) is 61.9 Å². The Hall–Kier alpha value is -4.30. The average molecular weight is 762 g/mol. The zero-order valence-electron chi connectivity index (χ0n) is 31.0. The molecule has 0 bridgehead atoms. The van der Waals surface area contributed by atoms with Gasteiger partial charge in [-0.1, -0.05) is 31.4 Å². The molecule has 4 atom stereocenters. The summed E-state index contributed by atoms with van der Waals surface area (Å²) in [7, 11) is 4.33. The minimum Gasteiger partial charge on any atom is -0.497 e. The summed E-state index contributed by atoms with van der Waals surface area (Å²) in [6, 6.07) is 7.79. The second-order valence-electron chi connectivity index (χ2n) is 14.4. The molecule has 2 heterocycles. The van der Waals surface area contributed by atoms with Gasteiger partial charge < -0.3 is 39.5 Å². The highest BCUT2D eigenvalue weighted by Crippen LogP contribution is 2.47. The summed E-state index contributed by atoms with van der Waals surface area (Å²) in [4.78, 5) is 45.6. The monoisotopic (exact) mass is 761 g/mol. The lowest BCUT2D eigenvalue weighted by molar-refractivity contribution is -0.169. The predicted molar refractivity (Wildman–Crippen MR) is 194 cm³/mol. The van der Waals surface area contributed by atoms with Crippen LogP contribution in [0.25, 0.3) is 0 Å². The van der Waals surface area contributed by atoms with E-state index in [0.29, 0.717) is 65.6 Å². The number of methoxy groups -OCH3 is 2. The lowest BCUT2D eigenvalue weighted by atomic mass is 9.66. The molecule has 0 aromatic heterocycles. The molecule has 2 amide bonds. The van der Waals surface area contributed by atoms with E-state index in [1.807, 2.05) is 6.92 Å². The number of fused-ring (bicyclic) bond motifs is 1. The fourth-order valence-corrected chi connectivity index (χ4v) is 8.18. The number of hydrazine groups is 1. The maximum Gasteiger partial charge on any atom is 0.312 e. The number of likely N-dealkylation sites (tertiary alicyclic amines) is 1. The number of benzene rings is 2. The van der Waals surface area contributed by atoms with Gasteiger partial charge in [-0.15, -0.1) is 0 Å². The van der Waals surface area contributed by atoms with E-state index in [2.05, 4.69) is 0 Å². The number of alkyl halides is 2. The van der Waals surface area contributed by atoms with Crippen LogP contribution in [0.3, 0.4) is 0 Å². The molecule has 0 unspecified atom stereocenters. The van der Waals surface area contributed by atoms with Crippen LogP contribution in [0.4, 0.5) is 8.78 Å². The Morgan fingerprint density at radius 3 is 2.53 bits per heavy atom. The summed E-state index contributed by atoms with van der Waals surface area (Å²) in [5.41, 5.74) is 6.03. The molecule has 0 spiro atoms. The van der Waals surface area contributed by atoms with E-state index in [-0.39, 0.29) is 43.1 Å². The first-order chi connectivity index (χ1) is 25.2. The van der Waals surface area contributed by atoms with Gasteiger partial charge in [-0.2, -0.15) is 0 Å². The molecule has 4 N–H and O–H groups in total. The van der Waals surface area contributed by atoms with Crippen molar-refractivity contribution in [3.8, 4) is 17.2 Å². The molecule has 3 aliphatic rings. The fourth-order valence-electron chi connectivity index (χ4n) is 7.92. The van der Waals surface area contributed by atoms with Gasteiger partial charge in [0.25, 0.3) is 6.43 Å². The zero-order valence-corrected chi connectivity index (χ0v) is 31.7. The van der Waals surface area contributed by atoms with Crippen molar-refractivity contribution in [1.29, 1.82) is 0 Å². The highest BCUT2D eigenvalue weighted by Gasteiger charge is 2.51. The quantitative estimate of drug-likeness (QED) is 0.158. The Bertz CT molecular complexity index is 1720. The Balaban J connectivity index is 1.48. The van der Waals surface area contributed by atoms with Crippen molar-refractivity contribution >= 4 is 29.4 Å². The van der Waals surface area contributed by atoms with Crippen LogP contribution in [0.5, 0.6) is 17.2 Å². The number of hydrogen-bond donors (Lipinski definition) is 2. The first-order valence-corrected chi connectivity index (χ1v) is 18.2. The van der Waals surface area contributed by atoms with Gasteiger partial charge in [0.05, 0.1) is 37.3 Å². The van der Waals surface area contributed by atoms with Crippen LogP contribution in [-0.2, 0) is 32.1 Å². The second-order valence-corrected chi connectivity index (χ2v) is 14.8. The highest BCUT2D eigenvalue weighted by atomic mass is 35.5. The molecular formula is C38H50ClF2N5O7. The van der Waals surface area contributed by atoms with E-state index in [9.17, 15) is 23.2 Å². The summed E-state index contributed by atoms with van der Waals surface area (Å²) >= 11 is 6.76. The number of allylic oxidation sites excluding steroid dienone is 1. The number of nitrogens with two attached hydrogens (primary N) is 2. The van der Waals surface area contributed by atoms with E-state index in [0.717, 1.165) is 23.4 Å². The van der Waals surface area contributed by atoms with Crippen LogP contribution in [0.2, 0.25) is 5.02 Å². The SMILES string of the molecule is COc1ccc(COC(=O)[C@@]2(C)CCCC[C@H]2C(=O)N2CCc3c(Cl)ccc(OC/C(N)=C(\C(F)F)N(C)N)c3[C@H]2CN2C[C@H](C)CC2=O)c(OC)c1. The number of carbonyl (C=O) groups is 3. The number of ether oxygens (including phenoxy) is 4. The average Bonchev–Trinajstić information content (AvgIpc) is 3.45. The smallest absolute Gasteiger partial charge is 0.312 e. The van der Waals surface area contributed by atoms with Crippen molar-refractivity contribution in [2.45, 2.75) is 71.4 Å². The summed E-state index contributed by atoms with van der Waals surface area (Å²) in [6.45, 7) is 4.24. The topological polar surface area (TPSA) is 150 Å². The van der Waals surface area contributed by atoms with Crippen molar-refractivity contribution in [2.24, 2.45) is 28.8 Å². The Labute approximate surface area is 314 Å². The van der Waals surface area contributed by atoms with Crippen LogP contribution in [0, 0.1) is 17.3 Å². The van der Waals surface area contributed by atoms with Crippen LogP contribution >= 0.6 is 11.6 Å². The third-order valence-electron chi connectivity index (χ3n) is 10.8. The molecule has 0 radical (unpaired) electrons. The molecule has 2 fully saturated rings.